The van der Waals surface area contributed by atoms with Gasteiger partial charge in [0.2, 0.25) is 0 Å². The van der Waals surface area contributed by atoms with Crippen LogP contribution < -0.4 is 10.2 Å². The minimum absolute atomic E-state index is 0.147. The van der Waals surface area contributed by atoms with Gasteiger partial charge in [0.25, 0.3) is 11.8 Å². The molecule has 2 aliphatic rings. The fraction of sp³-hybridized carbons (Fsp3) is 0.250. The number of amides is 4. The first kappa shape index (κ1) is 17.7. The van der Waals surface area contributed by atoms with Crippen LogP contribution in [0.5, 0.6) is 0 Å². The molecule has 0 saturated heterocycles. The molecule has 2 aliphatic heterocycles. The second kappa shape index (κ2) is 7.15. The number of fused-ring (bicyclic) bond motifs is 2. The van der Waals surface area contributed by atoms with Gasteiger partial charge in [0.05, 0.1) is 11.1 Å². The third kappa shape index (κ3) is 3.23. The molecule has 1 N–H and O–H groups in total. The maximum atomic E-state index is 12.4. The molecule has 0 fully saturated rings. The topological polar surface area (TPSA) is 69.7 Å². The van der Waals surface area contributed by atoms with Crippen LogP contribution in [0.1, 0.15) is 32.7 Å². The number of nitrogens with one attached hydrogen (secondary N) is 1. The lowest BCUT2D eigenvalue weighted by atomic mass is 10.1. The van der Waals surface area contributed by atoms with Crippen molar-refractivity contribution in [2.75, 3.05) is 24.5 Å². The summed E-state index contributed by atoms with van der Waals surface area (Å²) >= 11 is 3.32. The Morgan fingerprint density at radius 2 is 1.85 bits per heavy atom. The normalized spacial score (nSPS) is 15.1. The fourth-order valence-corrected chi connectivity index (χ4v) is 3.90. The largest absolute Gasteiger partial charge is 0.338 e. The van der Waals surface area contributed by atoms with Crippen molar-refractivity contribution in [3.63, 3.8) is 0 Å². The molecule has 6 nitrogen and oxygen atoms in total. The highest BCUT2D eigenvalue weighted by Gasteiger charge is 2.35. The minimum Gasteiger partial charge on any atom is -0.338 e. The first-order valence-corrected chi connectivity index (χ1v) is 9.64. The van der Waals surface area contributed by atoms with E-state index in [1.54, 1.807) is 23.1 Å². The van der Waals surface area contributed by atoms with Gasteiger partial charge in [-0.2, -0.15) is 0 Å². The molecule has 0 atom stereocenters. The lowest BCUT2D eigenvalue weighted by Gasteiger charge is -2.19. The van der Waals surface area contributed by atoms with Gasteiger partial charge in [0.15, 0.2) is 0 Å². The van der Waals surface area contributed by atoms with Gasteiger partial charge in [-0.15, -0.1) is 0 Å². The van der Waals surface area contributed by atoms with Crippen molar-refractivity contribution in [1.29, 1.82) is 0 Å². The van der Waals surface area contributed by atoms with Crippen molar-refractivity contribution in [2.45, 2.75) is 12.8 Å². The quantitative estimate of drug-likeness (QED) is 0.601. The smallest absolute Gasteiger partial charge is 0.321 e. The molecular weight excluding hydrogens is 410 g/mol. The molecule has 4 amide bonds. The molecule has 0 radical (unpaired) electrons. The zero-order valence-corrected chi connectivity index (χ0v) is 16.2. The van der Waals surface area contributed by atoms with Crippen LogP contribution in [-0.2, 0) is 6.42 Å². The Morgan fingerprint density at radius 3 is 2.70 bits per heavy atom. The standard InChI is InChI=1S/C20H18BrN3O3/c21-14-6-7-15-16(12-14)19(26)24(18(15)25)10-3-9-22-20(27)23-11-8-13-4-1-2-5-17(13)23/h1-2,4-7,12H,3,8-11H2,(H,22,27). The summed E-state index contributed by atoms with van der Waals surface area (Å²) in [6.07, 6.45) is 1.36. The lowest BCUT2D eigenvalue weighted by Crippen LogP contribution is -2.40. The number of hydrogen-bond donors (Lipinski definition) is 1. The van der Waals surface area contributed by atoms with E-state index in [1.165, 1.54) is 10.5 Å². The summed E-state index contributed by atoms with van der Waals surface area (Å²) in [7, 11) is 0. The van der Waals surface area contributed by atoms with Crippen LogP contribution >= 0.6 is 15.9 Å². The molecule has 0 aromatic heterocycles. The molecule has 7 heteroatoms. The zero-order chi connectivity index (χ0) is 19.0. The molecule has 2 aromatic rings. The molecule has 138 valence electrons. The molecule has 27 heavy (non-hydrogen) atoms. The van der Waals surface area contributed by atoms with Gasteiger partial charge in [-0.25, -0.2) is 4.79 Å². The van der Waals surface area contributed by atoms with E-state index in [0.717, 1.165) is 16.6 Å². The first-order valence-electron chi connectivity index (χ1n) is 8.85. The summed E-state index contributed by atoms with van der Waals surface area (Å²) in [4.78, 5) is 40.2. The van der Waals surface area contributed by atoms with E-state index in [9.17, 15) is 14.4 Å². The van der Waals surface area contributed by atoms with Crippen LogP contribution in [0.3, 0.4) is 0 Å². The Balaban J connectivity index is 1.31. The minimum atomic E-state index is -0.281. The zero-order valence-electron chi connectivity index (χ0n) is 14.6. The average Bonchev–Trinajstić information content (AvgIpc) is 3.19. The van der Waals surface area contributed by atoms with Crippen LogP contribution in [0.2, 0.25) is 0 Å². The molecule has 4 rings (SSSR count). The number of urea groups is 1. The molecular formula is C20H18BrN3O3. The van der Waals surface area contributed by atoms with Crippen LogP contribution in [0.4, 0.5) is 10.5 Å². The second-order valence-electron chi connectivity index (χ2n) is 6.57. The summed E-state index contributed by atoms with van der Waals surface area (Å²) in [5.74, 6) is -0.557. The Labute approximate surface area is 165 Å². The molecule has 0 saturated carbocycles. The highest BCUT2D eigenvalue weighted by Crippen LogP contribution is 2.27. The van der Waals surface area contributed by atoms with Crippen molar-refractivity contribution in [3.05, 3.63) is 63.6 Å². The third-order valence-corrected chi connectivity index (χ3v) is 5.39. The summed E-state index contributed by atoms with van der Waals surface area (Å²) in [5.41, 5.74) is 2.97. The maximum Gasteiger partial charge on any atom is 0.321 e. The van der Waals surface area contributed by atoms with E-state index in [4.69, 9.17) is 0 Å². The molecule has 2 aromatic carbocycles. The van der Waals surface area contributed by atoms with Crippen molar-refractivity contribution in [1.82, 2.24) is 10.2 Å². The number of nitrogens with zero attached hydrogens (tertiary/aromatic N) is 2. The van der Waals surface area contributed by atoms with E-state index < -0.39 is 0 Å². The highest BCUT2D eigenvalue weighted by molar-refractivity contribution is 9.10. The predicted octanol–water partition coefficient (Wildman–Crippen LogP) is 3.21. The summed E-state index contributed by atoms with van der Waals surface area (Å²) < 4.78 is 0.766. The predicted molar refractivity (Wildman–Crippen MR) is 105 cm³/mol. The number of carbonyl (C=O) groups is 3. The monoisotopic (exact) mass is 427 g/mol. The van der Waals surface area contributed by atoms with Gasteiger partial charge >= 0.3 is 6.03 Å². The van der Waals surface area contributed by atoms with E-state index in [2.05, 4.69) is 21.2 Å². The number of para-hydroxylation sites is 1. The van der Waals surface area contributed by atoms with Gasteiger partial charge in [-0.05, 0) is 42.7 Å². The number of hydrogen-bond acceptors (Lipinski definition) is 3. The Bertz CT molecular complexity index is 944. The van der Waals surface area contributed by atoms with Gasteiger partial charge in [0, 0.05) is 29.8 Å². The molecule has 2 heterocycles. The van der Waals surface area contributed by atoms with Crippen LogP contribution in [0.15, 0.2) is 46.9 Å². The Morgan fingerprint density at radius 1 is 1.07 bits per heavy atom. The molecule has 0 unspecified atom stereocenters. The second-order valence-corrected chi connectivity index (χ2v) is 7.48. The number of anilines is 1. The number of rotatable bonds is 4. The number of carbonyl (C=O) groups excluding carboxylic acids is 3. The van der Waals surface area contributed by atoms with Crippen LogP contribution in [0, 0.1) is 0 Å². The fourth-order valence-electron chi connectivity index (χ4n) is 3.54. The van der Waals surface area contributed by atoms with E-state index in [0.29, 0.717) is 30.6 Å². The van der Waals surface area contributed by atoms with Crippen molar-refractivity contribution < 1.29 is 14.4 Å². The van der Waals surface area contributed by atoms with Crippen molar-refractivity contribution >= 4 is 39.5 Å². The summed E-state index contributed by atoms with van der Waals surface area (Å²) in [5, 5.41) is 2.88. The highest BCUT2D eigenvalue weighted by atomic mass is 79.9. The molecule has 0 bridgehead atoms. The van der Waals surface area contributed by atoms with Gasteiger partial charge in [0.1, 0.15) is 0 Å². The summed E-state index contributed by atoms with van der Waals surface area (Å²) in [6.45, 7) is 1.34. The van der Waals surface area contributed by atoms with E-state index >= 15 is 0 Å². The summed E-state index contributed by atoms with van der Waals surface area (Å²) in [6, 6.07) is 12.8. The van der Waals surface area contributed by atoms with Gasteiger partial charge in [-0.1, -0.05) is 34.1 Å². The number of benzene rings is 2. The lowest BCUT2D eigenvalue weighted by molar-refractivity contribution is 0.0653. The third-order valence-electron chi connectivity index (χ3n) is 4.90. The Hall–Kier alpha value is -2.67. The van der Waals surface area contributed by atoms with Crippen LogP contribution in [0.25, 0.3) is 0 Å². The molecule has 0 spiro atoms. The number of halogens is 1. The SMILES string of the molecule is O=C1c2ccc(Br)cc2C(=O)N1CCCNC(=O)N1CCc2ccccc21. The Kier molecular flexibility index (Phi) is 4.70. The maximum absolute atomic E-state index is 12.4. The van der Waals surface area contributed by atoms with Crippen molar-refractivity contribution in [2.24, 2.45) is 0 Å². The van der Waals surface area contributed by atoms with Gasteiger partial charge in [-0.3, -0.25) is 19.4 Å². The average molecular weight is 428 g/mol. The van der Waals surface area contributed by atoms with E-state index in [1.807, 2.05) is 24.3 Å². The van der Waals surface area contributed by atoms with Crippen molar-refractivity contribution in [3.8, 4) is 0 Å². The van der Waals surface area contributed by atoms with Gasteiger partial charge < -0.3 is 5.32 Å². The first-order chi connectivity index (χ1) is 13.1. The number of imide groups is 1. The van der Waals surface area contributed by atoms with Crippen LogP contribution in [-0.4, -0.2) is 42.4 Å². The molecule has 0 aliphatic carbocycles. The van der Waals surface area contributed by atoms with E-state index in [-0.39, 0.29) is 24.4 Å².